The summed E-state index contributed by atoms with van der Waals surface area (Å²) < 4.78 is 23.8. The van der Waals surface area contributed by atoms with Crippen LogP contribution in [0, 0.1) is 0 Å². The van der Waals surface area contributed by atoms with Gasteiger partial charge in [-0.3, -0.25) is 13.8 Å². The van der Waals surface area contributed by atoms with Gasteiger partial charge in [0.15, 0.2) is 0 Å². The maximum atomic E-state index is 13.0. The lowest BCUT2D eigenvalue weighted by Gasteiger charge is -2.25. The van der Waals surface area contributed by atoms with Gasteiger partial charge in [0, 0.05) is 6.42 Å². The second-order valence-corrected chi connectivity index (χ2v) is 23.9. The highest BCUT2D eigenvalue weighted by atomic mass is 31.2. The Kier molecular flexibility index (Phi) is 51.5. The Hall–Kier alpha value is -0.760. The number of aliphatic hydroxyl groups is 1. The zero-order valence-corrected chi connectivity index (χ0v) is 48.0. The number of phosphoric ester groups is 1. The number of rotatable bonds is 57. The number of allylic oxidation sites excluding steroid dienone is 1. The van der Waals surface area contributed by atoms with Gasteiger partial charge in [-0.05, 0) is 19.3 Å². The average molecular weight is 999 g/mol. The molecule has 0 aliphatic carbocycles. The summed E-state index contributed by atoms with van der Waals surface area (Å²) in [4.78, 5) is 23.3. The standard InChI is InChI=1S/C60H121N2O6P/c1-6-8-10-12-14-16-18-20-22-24-26-28-29-30-31-32-34-35-37-39-41-43-45-47-49-51-53-59(63)58(57-68-69(65,66)67-56-55-62(3,4)5)61-60(64)54-52-50-48-46-44-42-40-38-36-33-27-25-23-21-19-17-15-13-11-9-7-2/h51,53,58-59,63H,6-50,52,54-57H2,1-5H3,(H-,61,64,65,66)/p+1/b53-51+. The number of carbonyl (C=O) groups excluding carboxylic acids is 1. The van der Waals surface area contributed by atoms with Crippen LogP contribution in [-0.4, -0.2) is 73.4 Å². The number of hydrogen-bond donors (Lipinski definition) is 3. The molecule has 0 saturated heterocycles. The van der Waals surface area contributed by atoms with E-state index in [1.54, 1.807) is 6.08 Å². The molecule has 0 aliphatic rings. The molecule has 0 aromatic rings. The molecule has 0 aliphatic heterocycles. The molecule has 1 amide bonds. The second-order valence-electron chi connectivity index (χ2n) is 22.4. The number of nitrogens with zero attached hydrogens (tertiary/aromatic N) is 1. The Bertz CT molecular complexity index is 1130. The summed E-state index contributed by atoms with van der Waals surface area (Å²) in [5.74, 6) is -0.169. The quantitative estimate of drug-likeness (QED) is 0.0243. The van der Waals surface area contributed by atoms with Crippen molar-refractivity contribution in [3.63, 3.8) is 0 Å². The third-order valence-electron chi connectivity index (χ3n) is 14.3. The monoisotopic (exact) mass is 998 g/mol. The molecule has 3 N–H and O–H groups in total. The zero-order chi connectivity index (χ0) is 50.6. The molecule has 0 bridgehead atoms. The van der Waals surface area contributed by atoms with Gasteiger partial charge >= 0.3 is 7.82 Å². The number of hydrogen-bond acceptors (Lipinski definition) is 5. The molecular weight excluding hydrogens is 876 g/mol. The van der Waals surface area contributed by atoms with Gasteiger partial charge in [0.25, 0.3) is 0 Å². The maximum Gasteiger partial charge on any atom is 0.472 e. The van der Waals surface area contributed by atoms with Crippen molar-refractivity contribution in [2.45, 2.75) is 328 Å². The van der Waals surface area contributed by atoms with Crippen LogP contribution >= 0.6 is 7.82 Å². The van der Waals surface area contributed by atoms with Crippen LogP contribution < -0.4 is 5.32 Å². The van der Waals surface area contributed by atoms with Gasteiger partial charge < -0.3 is 19.8 Å². The number of amides is 1. The molecule has 0 fully saturated rings. The van der Waals surface area contributed by atoms with Crippen molar-refractivity contribution < 1.29 is 32.9 Å². The van der Waals surface area contributed by atoms with E-state index in [0.717, 1.165) is 32.1 Å². The lowest BCUT2D eigenvalue weighted by atomic mass is 10.0. The number of nitrogens with one attached hydrogen (secondary N) is 1. The first kappa shape index (κ1) is 68.2. The summed E-state index contributed by atoms with van der Waals surface area (Å²) in [6.07, 6.45) is 64.6. The first-order chi connectivity index (χ1) is 33.5. The van der Waals surface area contributed by atoms with Crippen molar-refractivity contribution in [1.29, 1.82) is 0 Å². The van der Waals surface area contributed by atoms with Gasteiger partial charge in [0.1, 0.15) is 13.2 Å². The van der Waals surface area contributed by atoms with Gasteiger partial charge in [0.05, 0.1) is 39.9 Å². The van der Waals surface area contributed by atoms with E-state index in [-0.39, 0.29) is 19.1 Å². The minimum atomic E-state index is -4.34. The molecule has 3 atom stereocenters. The van der Waals surface area contributed by atoms with Crippen LogP contribution in [-0.2, 0) is 18.4 Å². The van der Waals surface area contributed by atoms with Crippen molar-refractivity contribution in [3.05, 3.63) is 12.2 Å². The topological polar surface area (TPSA) is 105 Å². The molecule has 0 rings (SSSR count). The SMILES string of the molecule is CCCCCCCCCCCCCCCCCCCCCCCCCC/C=C/C(O)C(COP(=O)(O)OCC[N+](C)(C)C)NC(=O)CCCCCCCCCCCCCCCCCCCCCCC. The molecule has 69 heavy (non-hydrogen) atoms. The fraction of sp³-hybridized carbons (Fsp3) is 0.950. The molecule has 0 radical (unpaired) electrons. The van der Waals surface area contributed by atoms with E-state index in [1.807, 2.05) is 27.2 Å². The van der Waals surface area contributed by atoms with Crippen molar-refractivity contribution in [3.8, 4) is 0 Å². The number of unbranched alkanes of at least 4 members (excludes halogenated alkanes) is 44. The molecule has 9 heteroatoms. The summed E-state index contributed by atoms with van der Waals surface area (Å²) in [5, 5.41) is 14.0. The van der Waals surface area contributed by atoms with E-state index in [1.165, 1.54) is 263 Å². The van der Waals surface area contributed by atoms with E-state index in [4.69, 9.17) is 9.05 Å². The normalized spacial score (nSPS) is 13.9. The van der Waals surface area contributed by atoms with Gasteiger partial charge in [0.2, 0.25) is 5.91 Å². The number of likely N-dealkylation sites (N-methyl/N-ethyl adjacent to an activating group) is 1. The molecule has 0 aromatic carbocycles. The van der Waals surface area contributed by atoms with Gasteiger partial charge in [-0.2, -0.15) is 0 Å². The minimum Gasteiger partial charge on any atom is -0.387 e. The van der Waals surface area contributed by atoms with Crippen LogP contribution in [0.2, 0.25) is 0 Å². The second kappa shape index (κ2) is 52.1. The summed E-state index contributed by atoms with van der Waals surface area (Å²) in [5.41, 5.74) is 0. The minimum absolute atomic E-state index is 0.0653. The molecule has 8 nitrogen and oxygen atoms in total. The molecular formula is C60H122N2O6P+. The van der Waals surface area contributed by atoms with Gasteiger partial charge in [-0.15, -0.1) is 0 Å². The highest BCUT2D eigenvalue weighted by Crippen LogP contribution is 2.43. The lowest BCUT2D eigenvalue weighted by molar-refractivity contribution is -0.870. The predicted octanol–water partition coefficient (Wildman–Crippen LogP) is 18.6. The molecule has 412 valence electrons. The number of carbonyl (C=O) groups is 1. The summed E-state index contributed by atoms with van der Waals surface area (Å²) >= 11 is 0. The zero-order valence-electron chi connectivity index (χ0n) is 47.1. The van der Waals surface area contributed by atoms with Crippen LogP contribution in [0.15, 0.2) is 12.2 Å². The van der Waals surface area contributed by atoms with E-state index in [2.05, 4.69) is 19.2 Å². The molecule has 0 heterocycles. The van der Waals surface area contributed by atoms with Crippen molar-refractivity contribution in [1.82, 2.24) is 5.32 Å². The van der Waals surface area contributed by atoms with Crippen molar-refractivity contribution in [2.75, 3.05) is 40.9 Å². The fourth-order valence-corrected chi connectivity index (χ4v) is 10.2. The largest absolute Gasteiger partial charge is 0.472 e. The third kappa shape index (κ3) is 54.8. The van der Waals surface area contributed by atoms with E-state index >= 15 is 0 Å². The maximum absolute atomic E-state index is 13.0. The molecule has 0 aromatic heterocycles. The Balaban J connectivity index is 4.14. The number of phosphoric acid groups is 1. The molecule has 3 unspecified atom stereocenters. The summed E-state index contributed by atoms with van der Waals surface area (Å²) in [6, 6.07) is -0.842. The van der Waals surface area contributed by atoms with E-state index in [9.17, 15) is 19.4 Å². The van der Waals surface area contributed by atoms with Gasteiger partial charge in [-0.25, -0.2) is 4.57 Å². The predicted molar refractivity (Wildman–Crippen MR) is 300 cm³/mol. The first-order valence-corrected chi connectivity index (χ1v) is 32.1. The van der Waals surface area contributed by atoms with Crippen LogP contribution in [0.3, 0.4) is 0 Å². The van der Waals surface area contributed by atoms with Crippen LogP contribution in [0.25, 0.3) is 0 Å². The lowest BCUT2D eigenvalue weighted by Crippen LogP contribution is -2.45. The summed E-state index contributed by atoms with van der Waals surface area (Å²) in [7, 11) is 1.59. The fourth-order valence-electron chi connectivity index (χ4n) is 9.46. The summed E-state index contributed by atoms with van der Waals surface area (Å²) in [6.45, 7) is 4.88. The first-order valence-electron chi connectivity index (χ1n) is 30.6. The number of quaternary nitrogens is 1. The Morgan fingerprint density at radius 2 is 0.768 bits per heavy atom. The third-order valence-corrected chi connectivity index (χ3v) is 15.2. The van der Waals surface area contributed by atoms with E-state index < -0.39 is 20.0 Å². The van der Waals surface area contributed by atoms with Gasteiger partial charge in [-0.1, -0.05) is 302 Å². The number of aliphatic hydroxyl groups excluding tert-OH is 1. The average Bonchev–Trinajstić information content (AvgIpc) is 3.31. The van der Waals surface area contributed by atoms with Crippen molar-refractivity contribution in [2.24, 2.45) is 0 Å². The van der Waals surface area contributed by atoms with Crippen LogP contribution in [0.5, 0.6) is 0 Å². The van der Waals surface area contributed by atoms with Crippen LogP contribution in [0.1, 0.15) is 316 Å². The molecule has 0 spiro atoms. The Labute approximate surface area is 431 Å². The van der Waals surface area contributed by atoms with Crippen molar-refractivity contribution >= 4 is 13.7 Å². The Morgan fingerprint density at radius 1 is 0.478 bits per heavy atom. The van der Waals surface area contributed by atoms with E-state index in [0.29, 0.717) is 17.4 Å². The smallest absolute Gasteiger partial charge is 0.387 e. The highest BCUT2D eigenvalue weighted by Gasteiger charge is 2.27. The molecule has 0 saturated carbocycles. The van der Waals surface area contributed by atoms with Crippen LogP contribution in [0.4, 0.5) is 0 Å². The highest BCUT2D eigenvalue weighted by molar-refractivity contribution is 7.47. The Morgan fingerprint density at radius 3 is 1.07 bits per heavy atom.